The molecular formula is C16H15Cl2N5O2S. The standard InChI is InChI=1S/C16H15Cl2N5O2S/c1-24-9-5-10(25-2)14(18)12(13(9)17)16-21-8-6-20-11(19)4-7(8)15(22-16)23-26-3/h4-6H,1-3H3,(H2,19,20)(H,21,22,23). The maximum Gasteiger partial charge on any atom is 0.165 e. The molecule has 0 unspecified atom stereocenters. The van der Waals surface area contributed by atoms with Crippen molar-refractivity contribution in [1.29, 1.82) is 0 Å². The number of rotatable bonds is 5. The molecule has 7 nitrogen and oxygen atoms in total. The molecule has 0 aliphatic carbocycles. The molecule has 0 amide bonds. The van der Waals surface area contributed by atoms with Crippen LogP contribution in [-0.4, -0.2) is 35.4 Å². The van der Waals surface area contributed by atoms with E-state index in [0.717, 1.165) is 5.39 Å². The van der Waals surface area contributed by atoms with E-state index in [1.165, 1.54) is 26.2 Å². The Bertz CT molecular complexity index is 958. The molecule has 10 heteroatoms. The highest BCUT2D eigenvalue weighted by Crippen LogP contribution is 2.45. The molecular weight excluding hydrogens is 397 g/mol. The first-order valence-electron chi connectivity index (χ1n) is 7.32. The van der Waals surface area contributed by atoms with Gasteiger partial charge in [0, 0.05) is 17.7 Å². The van der Waals surface area contributed by atoms with Gasteiger partial charge in [-0.05, 0) is 6.07 Å². The van der Waals surface area contributed by atoms with Crippen molar-refractivity contribution in [1.82, 2.24) is 15.0 Å². The minimum absolute atomic E-state index is 0.288. The van der Waals surface area contributed by atoms with Crippen molar-refractivity contribution in [2.75, 3.05) is 30.9 Å². The Morgan fingerprint density at radius 3 is 2.31 bits per heavy atom. The lowest BCUT2D eigenvalue weighted by Crippen LogP contribution is -2.01. The van der Waals surface area contributed by atoms with Gasteiger partial charge < -0.3 is 19.9 Å². The number of nitrogen functional groups attached to an aromatic ring is 1. The lowest BCUT2D eigenvalue weighted by molar-refractivity contribution is 0.395. The van der Waals surface area contributed by atoms with Crippen molar-refractivity contribution < 1.29 is 9.47 Å². The number of hydrogen-bond acceptors (Lipinski definition) is 8. The van der Waals surface area contributed by atoms with E-state index in [4.69, 9.17) is 38.4 Å². The van der Waals surface area contributed by atoms with E-state index in [1.807, 2.05) is 6.26 Å². The van der Waals surface area contributed by atoms with Gasteiger partial charge in [-0.3, -0.25) is 0 Å². The van der Waals surface area contributed by atoms with Crippen LogP contribution in [-0.2, 0) is 0 Å². The van der Waals surface area contributed by atoms with Crippen LogP contribution in [0.3, 0.4) is 0 Å². The minimum atomic E-state index is 0.288. The number of benzene rings is 1. The summed E-state index contributed by atoms with van der Waals surface area (Å²) in [6.45, 7) is 0. The number of anilines is 2. The van der Waals surface area contributed by atoms with Gasteiger partial charge in [0.25, 0.3) is 0 Å². The van der Waals surface area contributed by atoms with Gasteiger partial charge in [0.2, 0.25) is 0 Å². The molecule has 3 aromatic rings. The highest BCUT2D eigenvalue weighted by atomic mass is 35.5. The summed E-state index contributed by atoms with van der Waals surface area (Å²) >= 11 is 14.3. The largest absolute Gasteiger partial charge is 0.495 e. The van der Waals surface area contributed by atoms with E-state index in [2.05, 4.69) is 19.7 Å². The normalized spacial score (nSPS) is 10.8. The van der Waals surface area contributed by atoms with Gasteiger partial charge in [-0.2, -0.15) is 0 Å². The molecule has 26 heavy (non-hydrogen) atoms. The predicted octanol–water partition coefficient (Wildman–Crippen LogP) is 4.29. The van der Waals surface area contributed by atoms with Crippen LogP contribution >= 0.6 is 35.1 Å². The van der Waals surface area contributed by atoms with E-state index < -0.39 is 0 Å². The average Bonchev–Trinajstić information content (AvgIpc) is 2.63. The van der Waals surface area contributed by atoms with E-state index in [0.29, 0.717) is 40.0 Å². The molecule has 2 aromatic heterocycles. The molecule has 0 fully saturated rings. The predicted molar refractivity (Wildman–Crippen MR) is 107 cm³/mol. The summed E-state index contributed by atoms with van der Waals surface area (Å²) in [5.74, 6) is 2.06. The number of pyridine rings is 1. The van der Waals surface area contributed by atoms with Crippen molar-refractivity contribution in [2.24, 2.45) is 0 Å². The molecule has 0 saturated heterocycles. The molecule has 3 N–H and O–H groups in total. The first kappa shape index (κ1) is 18.6. The SMILES string of the molecule is COc1cc(OC)c(Cl)c(-c2nc(NSC)c3cc(N)ncc3n2)c1Cl. The molecule has 136 valence electrons. The van der Waals surface area contributed by atoms with Crippen molar-refractivity contribution >= 4 is 57.7 Å². The molecule has 0 aliphatic heterocycles. The summed E-state index contributed by atoms with van der Waals surface area (Å²) < 4.78 is 13.7. The van der Waals surface area contributed by atoms with Crippen LogP contribution in [0.2, 0.25) is 10.0 Å². The molecule has 3 rings (SSSR count). The highest BCUT2D eigenvalue weighted by Gasteiger charge is 2.22. The number of nitrogens with one attached hydrogen (secondary N) is 1. The fourth-order valence-electron chi connectivity index (χ4n) is 2.42. The number of ether oxygens (including phenoxy) is 2. The zero-order valence-corrected chi connectivity index (χ0v) is 16.5. The monoisotopic (exact) mass is 411 g/mol. The summed E-state index contributed by atoms with van der Waals surface area (Å²) in [7, 11) is 3.01. The highest BCUT2D eigenvalue weighted by molar-refractivity contribution is 7.99. The van der Waals surface area contributed by atoms with E-state index >= 15 is 0 Å². The van der Waals surface area contributed by atoms with Crippen molar-refractivity contribution in [3.8, 4) is 22.9 Å². The Morgan fingerprint density at radius 1 is 1.08 bits per heavy atom. The lowest BCUT2D eigenvalue weighted by Gasteiger charge is -2.15. The van der Waals surface area contributed by atoms with E-state index in [-0.39, 0.29) is 10.0 Å². The smallest absolute Gasteiger partial charge is 0.165 e. The Hall–Kier alpha value is -2.16. The second-order valence-corrected chi connectivity index (χ2v) is 6.48. The summed E-state index contributed by atoms with van der Waals surface area (Å²) in [6.07, 6.45) is 3.45. The zero-order chi connectivity index (χ0) is 18.8. The summed E-state index contributed by atoms with van der Waals surface area (Å²) in [6, 6.07) is 3.31. The Kier molecular flexibility index (Phi) is 5.45. The fourth-order valence-corrected chi connectivity index (χ4v) is 3.44. The van der Waals surface area contributed by atoms with Crippen LogP contribution < -0.4 is 19.9 Å². The first-order chi connectivity index (χ1) is 12.5. The van der Waals surface area contributed by atoms with Crippen molar-refractivity contribution in [3.63, 3.8) is 0 Å². The number of nitrogens with zero attached hydrogens (tertiary/aromatic N) is 3. The van der Waals surface area contributed by atoms with Gasteiger partial charge in [0.15, 0.2) is 5.82 Å². The number of fused-ring (bicyclic) bond motifs is 1. The number of halogens is 2. The molecule has 2 heterocycles. The van der Waals surface area contributed by atoms with Gasteiger partial charge in [-0.25, -0.2) is 15.0 Å². The number of nitrogens with two attached hydrogens (primary N) is 1. The van der Waals surface area contributed by atoms with E-state index in [9.17, 15) is 0 Å². The van der Waals surface area contributed by atoms with Gasteiger partial charge in [0.1, 0.15) is 23.1 Å². The Balaban J connectivity index is 2.34. The van der Waals surface area contributed by atoms with Crippen LogP contribution in [0.4, 0.5) is 11.6 Å². The summed E-state index contributed by atoms with van der Waals surface area (Å²) in [5, 5.41) is 1.31. The maximum atomic E-state index is 6.48. The van der Waals surface area contributed by atoms with Gasteiger partial charge in [-0.1, -0.05) is 35.1 Å². The molecule has 0 aliphatic rings. The van der Waals surface area contributed by atoms with Crippen molar-refractivity contribution in [2.45, 2.75) is 0 Å². The van der Waals surface area contributed by atoms with E-state index in [1.54, 1.807) is 18.3 Å². The van der Waals surface area contributed by atoms with Crippen LogP contribution in [0.15, 0.2) is 18.3 Å². The second kappa shape index (κ2) is 7.61. The number of aromatic nitrogens is 3. The quantitative estimate of drug-likeness (QED) is 0.600. The Labute approximate surface area is 164 Å². The lowest BCUT2D eigenvalue weighted by atomic mass is 10.1. The van der Waals surface area contributed by atoms with Gasteiger partial charge in [0.05, 0.1) is 41.5 Å². The van der Waals surface area contributed by atoms with Crippen LogP contribution in [0.1, 0.15) is 0 Å². The summed E-state index contributed by atoms with van der Waals surface area (Å²) in [5.41, 5.74) is 6.79. The zero-order valence-electron chi connectivity index (χ0n) is 14.1. The molecule has 0 radical (unpaired) electrons. The molecule has 0 bridgehead atoms. The third-order valence-electron chi connectivity index (χ3n) is 3.60. The molecule has 1 aromatic carbocycles. The van der Waals surface area contributed by atoms with Gasteiger partial charge in [-0.15, -0.1) is 0 Å². The minimum Gasteiger partial charge on any atom is -0.495 e. The summed E-state index contributed by atoms with van der Waals surface area (Å²) in [4.78, 5) is 13.2. The topological polar surface area (TPSA) is 95.2 Å². The fraction of sp³-hybridized carbons (Fsp3) is 0.188. The molecule has 0 atom stereocenters. The van der Waals surface area contributed by atoms with Crippen LogP contribution in [0.25, 0.3) is 22.3 Å². The number of hydrogen-bond donors (Lipinski definition) is 2. The first-order valence-corrected chi connectivity index (χ1v) is 9.30. The second-order valence-electron chi connectivity index (χ2n) is 5.11. The average molecular weight is 412 g/mol. The maximum absolute atomic E-state index is 6.48. The third kappa shape index (κ3) is 3.27. The number of methoxy groups -OCH3 is 2. The Morgan fingerprint density at radius 2 is 1.73 bits per heavy atom. The third-order valence-corrected chi connectivity index (χ3v) is 4.75. The molecule has 0 saturated carbocycles. The molecule has 0 spiro atoms. The van der Waals surface area contributed by atoms with Crippen LogP contribution in [0.5, 0.6) is 11.5 Å². The van der Waals surface area contributed by atoms with Crippen LogP contribution in [0, 0.1) is 0 Å². The van der Waals surface area contributed by atoms with Crippen molar-refractivity contribution in [3.05, 3.63) is 28.4 Å². The van der Waals surface area contributed by atoms with Gasteiger partial charge >= 0.3 is 0 Å².